The van der Waals surface area contributed by atoms with Crippen LogP contribution in [0.2, 0.25) is 0 Å². The highest BCUT2D eigenvalue weighted by molar-refractivity contribution is 5.76. The predicted octanol–water partition coefficient (Wildman–Crippen LogP) is 18.2. The van der Waals surface area contributed by atoms with Crippen molar-refractivity contribution in [1.29, 1.82) is 0 Å². The molecule has 0 aromatic rings. The smallest absolute Gasteiger partial charge is 0.305 e. The number of hydrogen-bond acceptors (Lipinski definition) is 5. The Bertz CT molecular complexity index is 1030. The van der Waals surface area contributed by atoms with Gasteiger partial charge in [-0.1, -0.05) is 282 Å². The van der Waals surface area contributed by atoms with Crippen LogP contribution in [-0.2, 0) is 14.3 Å². The van der Waals surface area contributed by atoms with E-state index >= 15 is 0 Å². The molecule has 0 heterocycles. The van der Waals surface area contributed by atoms with Gasteiger partial charge in [0.15, 0.2) is 0 Å². The van der Waals surface area contributed by atoms with Gasteiger partial charge >= 0.3 is 5.97 Å². The maximum atomic E-state index is 12.5. The fourth-order valence-corrected chi connectivity index (χ4v) is 9.19. The maximum absolute atomic E-state index is 12.5. The van der Waals surface area contributed by atoms with Crippen LogP contribution in [0.5, 0.6) is 0 Å². The van der Waals surface area contributed by atoms with E-state index in [2.05, 4.69) is 43.5 Å². The largest absolute Gasteiger partial charge is 0.466 e. The molecule has 0 aliphatic heterocycles. The van der Waals surface area contributed by atoms with Crippen LogP contribution in [0.25, 0.3) is 0 Å². The van der Waals surface area contributed by atoms with Crippen molar-refractivity contribution in [2.45, 2.75) is 334 Å². The monoisotopic (exact) mass is 930 g/mol. The Labute approximate surface area is 411 Å². The minimum atomic E-state index is -0.679. The maximum Gasteiger partial charge on any atom is 0.305 e. The molecule has 0 fully saturated rings. The molecule has 0 radical (unpaired) electrons. The third-order valence-corrected chi connectivity index (χ3v) is 13.8. The summed E-state index contributed by atoms with van der Waals surface area (Å²) in [5, 5.41) is 23.4. The number of nitrogens with one attached hydrogen (secondary N) is 1. The summed E-state index contributed by atoms with van der Waals surface area (Å²) in [6, 6.07) is -0.557. The Kier molecular flexibility index (Phi) is 54.5. The molecule has 0 saturated carbocycles. The highest BCUT2D eigenvalue weighted by Gasteiger charge is 2.20. The van der Waals surface area contributed by atoms with Crippen LogP contribution in [0, 0.1) is 0 Å². The minimum Gasteiger partial charge on any atom is -0.466 e. The fourth-order valence-electron chi connectivity index (χ4n) is 9.19. The first kappa shape index (κ1) is 64.3. The van der Waals surface area contributed by atoms with Crippen molar-refractivity contribution < 1.29 is 24.5 Å². The summed E-state index contributed by atoms with van der Waals surface area (Å²) in [6.07, 6.45) is 67.4. The van der Waals surface area contributed by atoms with Crippen LogP contribution >= 0.6 is 0 Å². The number of allylic oxidation sites excluding steroid dienone is 4. The van der Waals surface area contributed by atoms with E-state index in [1.165, 1.54) is 218 Å². The first-order valence-electron chi connectivity index (χ1n) is 29.6. The number of ether oxygens (including phenoxy) is 1. The standard InChI is InChI=1S/C60H115NO5/c1-3-5-7-9-11-13-15-17-19-20-21-22-23-24-25-26-27-28-29-32-36-40-44-48-52-58(63)57(56-62)61-59(64)53-49-45-41-37-33-31-35-39-43-47-51-55-66-60(65)54-50-46-42-38-34-30-18-16-14-12-10-8-6-4-2/h10,12,16,18,57-58,62-63H,3-9,11,13-15,17,19-56H2,1-2H3,(H,61,64)/b12-10-,18-16-. The molecule has 3 N–H and O–H groups in total. The molecule has 390 valence electrons. The van der Waals surface area contributed by atoms with Crippen LogP contribution < -0.4 is 5.32 Å². The molecule has 6 nitrogen and oxygen atoms in total. The van der Waals surface area contributed by atoms with Crippen molar-refractivity contribution in [2.24, 2.45) is 0 Å². The normalized spacial score (nSPS) is 12.7. The summed E-state index contributed by atoms with van der Waals surface area (Å²) in [5.74, 6) is -0.0789. The van der Waals surface area contributed by atoms with Gasteiger partial charge in [0.1, 0.15) is 0 Å². The highest BCUT2D eigenvalue weighted by Crippen LogP contribution is 2.18. The molecule has 0 bridgehead atoms. The lowest BCUT2D eigenvalue weighted by Gasteiger charge is -2.22. The topological polar surface area (TPSA) is 95.9 Å². The number of amides is 1. The molecule has 66 heavy (non-hydrogen) atoms. The van der Waals surface area contributed by atoms with Crippen molar-refractivity contribution in [1.82, 2.24) is 5.32 Å². The van der Waals surface area contributed by atoms with Crippen LogP contribution in [0.15, 0.2) is 24.3 Å². The predicted molar refractivity (Wildman–Crippen MR) is 287 cm³/mol. The van der Waals surface area contributed by atoms with Gasteiger partial charge in [-0.15, -0.1) is 0 Å². The zero-order valence-corrected chi connectivity index (χ0v) is 44.4. The molecule has 6 heteroatoms. The van der Waals surface area contributed by atoms with Crippen molar-refractivity contribution in [2.75, 3.05) is 13.2 Å². The SMILES string of the molecule is CCCC/C=C\C/C=C\CCCCCCCC(=O)OCCCCCCCCCCCCCC(=O)NC(CO)C(O)CCCCCCCCCCCCCCCCCCCCCCCCCC. The third kappa shape index (κ3) is 51.7. The first-order chi connectivity index (χ1) is 32.5. The number of esters is 1. The molecule has 2 unspecified atom stereocenters. The summed E-state index contributed by atoms with van der Waals surface area (Å²) >= 11 is 0. The molecule has 0 spiro atoms. The summed E-state index contributed by atoms with van der Waals surface area (Å²) in [7, 11) is 0. The second kappa shape index (κ2) is 55.9. The number of aliphatic hydroxyl groups excluding tert-OH is 2. The zero-order valence-electron chi connectivity index (χ0n) is 44.4. The van der Waals surface area contributed by atoms with Crippen LogP contribution in [0.4, 0.5) is 0 Å². The molecule has 0 saturated heterocycles. The summed E-state index contributed by atoms with van der Waals surface area (Å²) in [4.78, 5) is 24.5. The molecule has 0 aromatic heterocycles. The average molecular weight is 931 g/mol. The van der Waals surface area contributed by atoms with Crippen molar-refractivity contribution in [3.8, 4) is 0 Å². The van der Waals surface area contributed by atoms with E-state index in [1.54, 1.807) is 0 Å². The van der Waals surface area contributed by atoms with Crippen LogP contribution in [0.1, 0.15) is 322 Å². The molecule has 2 atom stereocenters. The fraction of sp³-hybridized carbons (Fsp3) is 0.900. The number of carbonyl (C=O) groups is 2. The summed E-state index contributed by atoms with van der Waals surface area (Å²) in [5.41, 5.74) is 0. The number of unbranched alkanes of at least 4 members (excludes halogenated alkanes) is 40. The number of aliphatic hydroxyl groups is 2. The van der Waals surface area contributed by atoms with Gasteiger partial charge in [-0.2, -0.15) is 0 Å². The minimum absolute atomic E-state index is 0.0272. The van der Waals surface area contributed by atoms with Gasteiger partial charge in [0.25, 0.3) is 0 Å². The van der Waals surface area contributed by atoms with Crippen LogP contribution in [-0.4, -0.2) is 47.4 Å². The second-order valence-electron chi connectivity index (χ2n) is 20.3. The molecular formula is C60H115NO5. The van der Waals surface area contributed by atoms with E-state index in [4.69, 9.17) is 4.74 Å². The number of hydrogen-bond donors (Lipinski definition) is 3. The van der Waals surface area contributed by atoms with Crippen molar-refractivity contribution >= 4 is 11.9 Å². The van der Waals surface area contributed by atoms with Gasteiger partial charge in [-0.05, 0) is 51.4 Å². The van der Waals surface area contributed by atoms with Gasteiger partial charge in [-0.3, -0.25) is 9.59 Å². The van der Waals surface area contributed by atoms with Crippen LogP contribution in [0.3, 0.4) is 0 Å². The van der Waals surface area contributed by atoms with E-state index < -0.39 is 12.1 Å². The summed E-state index contributed by atoms with van der Waals surface area (Å²) in [6.45, 7) is 4.88. The van der Waals surface area contributed by atoms with Gasteiger partial charge in [0, 0.05) is 12.8 Å². The quantitative estimate of drug-likeness (QED) is 0.0321. The van der Waals surface area contributed by atoms with Gasteiger partial charge in [0.2, 0.25) is 5.91 Å². The number of rotatable bonds is 55. The second-order valence-corrected chi connectivity index (χ2v) is 20.3. The molecule has 1 amide bonds. The van der Waals surface area contributed by atoms with Gasteiger partial charge in [-0.25, -0.2) is 0 Å². The number of carbonyl (C=O) groups excluding carboxylic acids is 2. The van der Waals surface area contributed by atoms with E-state index in [9.17, 15) is 19.8 Å². The highest BCUT2D eigenvalue weighted by atomic mass is 16.5. The Hall–Kier alpha value is -1.66. The molecule has 0 aromatic carbocycles. The van der Waals surface area contributed by atoms with Gasteiger partial charge < -0.3 is 20.3 Å². The van der Waals surface area contributed by atoms with Crippen molar-refractivity contribution in [3.05, 3.63) is 24.3 Å². The average Bonchev–Trinajstić information content (AvgIpc) is 3.32. The lowest BCUT2D eigenvalue weighted by Crippen LogP contribution is -2.45. The van der Waals surface area contributed by atoms with Gasteiger partial charge in [0.05, 0.1) is 25.4 Å². The summed E-state index contributed by atoms with van der Waals surface area (Å²) < 4.78 is 5.45. The molecule has 0 aliphatic rings. The molecule has 0 rings (SSSR count). The molecular weight excluding hydrogens is 815 g/mol. The lowest BCUT2D eigenvalue weighted by atomic mass is 10.0. The van der Waals surface area contributed by atoms with E-state index in [0.29, 0.717) is 25.9 Å². The Morgan fingerprint density at radius 2 is 0.773 bits per heavy atom. The lowest BCUT2D eigenvalue weighted by molar-refractivity contribution is -0.143. The molecule has 0 aliphatic carbocycles. The van der Waals surface area contributed by atoms with E-state index in [1.807, 2.05) is 0 Å². The third-order valence-electron chi connectivity index (χ3n) is 13.8. The van der Waals surface area contributed by atoms with E-state index in [0.717, 1.165) is 70.6 Å². The Balaban J connectivity index is 3.46. The van der Waals surface area contributed by atoms with Crippen molar-refractivity contribution in [3.63, 3.8) is 0 Å². The Morgan fingerprint density at radius 3 is 1.20 bits per heavy atom. The first-order valence-corrected chi connectivity index (χ1v) is 29.6. The van der Waals surface area contributed by atoms with E-state index in [-0.39, 0.29) is 18.5 Å². The Morgan fingerprint density at radius 1 is 0.424 bits per heavy atom. The zero-order chi connectivity index (χ0) is 47.9.